The number of rotatable bonds is 7. The molecule has 1 aromatic carbocycles. The fourth-order valence-corrected chi connectivity index (χ4v) is 1.78. The summed E-state index contributed by atoms with van der Waals surface area (Å²) in [5, 5.41) is 13.0. The van der Waals surface area contributed by atoms with E-state index >= 15 is 0 Å². The number of halogens is 1. The number of hydrogen-bond donors (Lipinski definition) is 2. The first-order valence-electron chi connectivity index (χ1n) is 6.81. The molecule has 2 N–H and O–H groups in total. The Morgan fingerprint density at radius 3 is 2.79 bits per heavy atom. The van der Waals surface area contributed by atoms with E-state index in [1.807, 2.05) is 0 Å². The van der Waals surface area contributed by atoms with Gasteiger partial charge < -0.3 is 15.2 Å². The number of nitrogens with one attached hydrogen (secondary N) is 1. The van der Waals surface area contributed by atoms with Crippen molar-refractivity contribution in [2.45, 2.75) is 51.3 Å². The summed E-state index contributed by atoms with van der Waals surface area (Å²) in [5.74, 6) is 0.446. The van der Waals surface area contributed by atoms with Crippen LogP contribution in [0.4, 0.5) is 4.39 Å². The molecule has 0 amide bonds. The monoisotopic (exact) mass is 267 g/mol. The molecule has 0 heterocycles. The van der Waals surface area contributed by atoms with Crippen LogP contribution >= 0.6 is 0 Å². The van der Waals surface area contributed by atoms with Gasteiger partial charge in [-0.3, -0.25) is 0 Å². The van der Waals surface area contributed by atoms with E-state index in [0.29, 0.717) is 31.4 Å². The molecule has 1 aromatic rings. The molecule has 106 valence electrons. The van der Waals surface area contributed by atoms with Gasteiger partial charge in [0.05, 0.1) is 12.2 Å². The molecule has 1 aliphatic carbocycles. The number of ether oxygens (including phenoxy) is 1. The minimum atomic E-state index is -0.744. The van der Waals surface area contributed by atoms with Crippen molar-refractivity contribution in [3.8, 4) is 5.75 Å². The van der Waals surface area contributed by atoms with Gasteiger partial charge in [-0.25, -0.2) is 4.39 Å². The fraction of sp³-hybridized carbons (Fsp3) is 0.600. The fourth-order valence-electron chi connectivity index (χ4n) is 1.78. The van der Waals surface area contributed by atoms with E-state index in [1.165, 1.54) is 25.0 Å². The third kappa shape index (κ3) is 5.17. The molecule has 0 unspecified atom stereocenters. The lowest BCUT2D eigenvalue weighted by atomic mass is 10.1. The normalized spacial score (nSPS) is 15.6. The lowest BCUT2D eigenvalue weighted by Crippen LogP contribution is -2.22. The molecule has 1 fully saturated rings. The van der Waals surface area contributed by atoms with Gasteiger partial charge in [0.1, 0.15) is 11.6 Å². The summed E-state index contributed by atoms with van der Waals surface area (Å²) in [7, 11) is 0. The molecule has 19 heavy (non-hydrogen) atoms. The molecule has 2 rings (SSSR count). The van der Waals surface area contributed by atoms with Crippen molar-refractivity contribution in [2.24, 2.45) is 0 Å². The highest BCUT2D eigenvalue weighted by Crippen LogP contribution is 2.24. The Hall–Kier alpha value is -1.13. The van der Waals surface area contributed by atoms with Gasteiger partial charge in [-0.05, 0) is 44.9 Å². The molecule has 0 bridgehead atoms. The van der Waals surface area contributed by atoms with E-state index in [2.05, 4.69) is 5.32 Å². The zero-order valence-electron chi connectivity index (χ0n) is 11.6. The van der Waals surface area contributed by atoms with E-state index in [9.17, 15) is 9.50 Å². The SMILES string of the molecule is CC(C)(O)CCOc1ccc(F)cc1CNC1CC1. The lowest BCUT2D eigenvalue weighted by Gasteiger charge is -2.18. The van der Waals surface area contributed by atoms with Gasteiger partial charge in [0.25, 0.3) is 0 Å². The van der Waals surface area contributed by atoms with Crippen molar-refractivity contribution in [1.29, 1.82) is 0 Å². The second-order valence-electron chi connectivity index (χ2n) is 5.82. The van der Waals surface area contributed by atoms with Gasteiger partial charge >= 0.3 is 0 Å². The first-order valence-corrected chi connectivity index (χ1v) is 6.81. The Labute approximate surface area is 113 Å². The third-order valence-electron chi connectivity index (χ3n) is 3.15. The number of benzene rings is 1. The van der Waals surface area contributed by atoms with Crippen LogP contribution in [-0.2, 0) is 6.54 Å². The second kappa shape index (κ2) is 5.88. The maximum absolute atomic E-state index is 13.3. The van der Waals surface area contributed by atoms with E-state index < -0.39 is 5.60 Å². The summed E-state index contributed by atoms with van der Waals surface area (Å²) in [5.41, 5.74) is 0.0922. The Morgan fingerprint density at radius 2 is 2.16 bits per heavy atom. The quantitative estimate of drug-likeness (QED) is 0.798. The summed E-state index contributed by atoms with van der Waals surface area (Å²) in [4.78, 5) is 0. The topological polar surface area (TPSA) is 41.5 Å². The molecule has 0 aromatic heterocycles. The van der Waals surface area contributed by atoms with Gasteiger partial charge in [0, 0.05) is 24.6 Å². The molecule has 0 radical (unpaired) electrons. The highest BCUT2D eigenvalue weighted by atomic mass is 19.1. The molecule has 4 heteroatoms. The Morgan fingerprint density at radius 1 is 1.42 bits per heavy atom. The highest BCUT2D eigenvalue weighted by molar-refractivity contribution is 5.34. The van der Waals surface area contributed by atoms with Crippen molar-refractivity contribution in [1.82, 2.24) is 5.32 Å². The van der Waals surface area contributed by atoms with Crippen LogP contribution in [0.3, 0.4) is 0 Å². The molecular weight excluding hydrogens is 245 g/mol. The molecule has 0 aliphatic heterocycles. The highest BCUT2D eigenvalue weighted by Gasteiger charge is 2.21. The average Bonchev–Trinajstić information content (AvgIpc) is 3.11. The Bertz CT molecular complexity index is 425. The van der Waals surface area contributed by atoms with Crippen LogP contribution in [0.25, 0.3) is 0 Å². The predicted molar refractivity (Wildman–Crippen MR) is 72.7 cm³/mol. The van der Waals surface area contributed by atoms with Crippen LogP contribution in [0.15, 0.2) is 18.2 Å². The standard InChI is InChI=1S/C15H22FNO2/c1-15(2,18)7-8-19-14-6-3-12(16)9-11(14)10-17-13-4-5-13/h3,6,9,13,17-18H,4-5,7-8,10H2,1-2H3. The zero-order valence-corrected chi connectivity index (χ0v) is 11.6. The molecule has 1 aliphatic rings. The smallest absolute Gasteiger partial charge is 0.123 e. The zero-order chi connectivity index (χ0) is 13.9. The first-order chi connectivity index (χ1) is 8.94. The summed E-state index contributed by atoms with van der Waals surface area (Å²) < 4.78 is 18.9. The second-order valence-corrected chi connectivity index (χ2v) is 5.82. The average molecular weight is 267 g/mol. The lowest BCUT2D eigenvalue weighted by molar-refractivity contribution is 0.0551. The predicted octanol–water partition coefficient (Wildman–Crippen LogP) is 2.62. The van der Waals surface area contributed by atoms with Gasteiger partial charge in [0.15, 0.2) is 0 Å². The van der Waals surface area contributed by atoms with Crippen LogP contribution in [0, 0.1) is 5.82 Å². The Kier molecular flexibility index (Phi) is 4.42. The molecular formula is C15H22FNO2. The minimum Gasteiger partial charge on any atom is -0.493 e. The molecule has 3 nitrogen and oxygen atoms in total. The summed E-state index contributed by atoms with van der Waals surface area (Å²) in [6.07, 6.45) is 2.94. The van der Waals surface area contributed by atoms with Crippen LogP contribution < -0.4 is 10.1 Å². The van der Waals surface area contributed by atoms with Crippen molar-refractivity contribution in [2.75, 3.05) is 6.61 Å². The maximum atomic E-state index is 13.3. The van der Waals surface area contributed by atoms with Crippen molar-refractivity contribution < 1.29 is 14.2 Å². The van der Waals surface area contributed by atoms with E-state index in [-0.39, 0.29) is 5.82 Å². The van der Waals surface area contributed by atoms with Crippen LogP contribution in [-0.4, -0.2) is 23.4 Å². The summed E-state index contributed by atoms with van der Waals surface area (Å²) in [6.45, 7) is 4.54. The Balaban J connectivity index is 1.93. The van der Waals surface area contributed by atoms with Gasteiger partial charge in [0.2, 0.25) is 0 Å². The maximum Gasteiger partial charge on any atom is 0.123 e. The summed E-state index contributed by atoms with van der Waals surface area (Å²) in [6, 6.07) is 5.14. The minimum absolute atomic E-state index is 0.248. The molecule has 0 spiro atoms. The molecule has 1 saturated carbocycles. The van der Waals surface area contributed by atoms with Crippen LogP contribution in [0.1, 0.15) is 38.7 Å². The third-order valence-corrected chi connectivity index (χ3v) is 3.15. The number of aliphatic hydroxyl groups is 1. The van der Waals surface area contributed by atoms with Crippen LogP contribution in [0.5, 0.6) is 5.75 Å². The molecule has 0 saturated heterocycles. The van der Waals surface area contributed by atoms with Crippen molar-refractivity contribution in [3.05, 3.63) is 29.6 Å². The van der Waals surface area contributed by atoms with Crippen molar-refractivity contribution >= 4 is 0 Å². The number of hydrogen-bond acceptors (Lipinski definition) is 3. The van der Waals surface area contributed by atoms with Gasteiger partial charge in [-0.1, -0.05) is 0 Å². The van der Waals surface area contributed by atoms with E-state index in [1.54, 1.807) is 19.9 Å². The van der Waals surface area contributed by atoms with E-state index in [4.69, 9.17) is 4.74 Å². The van der Waals surface area contributed by atoms with Gasteiger partial charge in [-0.2, -0.15) is 0 Å². The summed E-state index contributed by atoms with van der Waals surface area (Å²) >= 11 is 0. The van der Waals surface area contributed by atoms with Crippen molar-refractivity contribution in [3.63, 3.8) is 0 Å². The first kappa shape index (κ1) is 14.3. The largest absolute Gasteiger partial charge is 0.493 e. The van der Waals surface area contributed by atoms with E-state index in [0.717, 1.165) is 5.56 Å². The van der Waals surface area contributed by atoms with Crippen LogP contribution in [0.2, 0.25) is 0 Å². The van der Waals surface area contributed by atoms with Gasteiger partial charge in [-0.15, -0.1) is 0 Å². The molecule has 0 atom stereocenters.